The minimum Gasteiger partial charge on any atom is -0.493 e. The molecule has 0 fully saturated rings. The Morgan fingerprint density at radius 1 is 0.754 bits per heavy atom. The maximum Gasteiger partial charge on any atom is 0.288 e. The molecule has 4 aliphatic rings. The van der Waals surface area contributed by atoms with Gasteiger partial charge in [-0.1, -0.05) is 57.2 Å². The molecule has 3 atom stereocenters. The first kappa shape index (κ1) is 43.5. The molecule has 4 heterocycles. The molecule has 15 nitrogen and oxygen atoms in total. The largest absolute Gasteiger partial charge is 0.493 e. The van der Waals surface area contributed by atoms with Crippen molar-refractivity contribution in [2.75, 3.05) is 46.5 Å². The number of methoxy groups -OCH3 is 2. The second-order valence-corrected chi connectivity index (χ2v) is 19.6. The molecule has 1 unspecified atom stereocenters. The Kier molecular flexibility index (Phi) is 11.4. The topological polar surface area (TPSA) is 185 Å². The number of nitrogens with zero attached hydrogens (tertiary/aromatic N) is 2. The summed E-state index contributed by atoms with van der Waals surface area (Å²) in [6, 6.07) is 26.1. The predicted octanol–water partition coefficient (Wildman–Crippen LogP) is 7.83. The number of benzene rings is 5. The van der Waals surface area contributed by atoms with Gasteiger partial charge in [0.1, 0.15) is 13.2 Å². The van der Waals surface area contributed by atoms with E-state index in [9.17, 15) is 27.4 Å². The van der Waals surface area contributed by atoms with Gasteiger partial charge in [-0.3, -0.25) is 18.9 Å². The van der Waals surface area contributed by atoms with Crippen LogP contribution in [0, 0.1) is 5.41 Å². The lowest BCUT2D eigenvalue weighted by Crippen LogP contribution is -2.49. The number of nitrogens with one attached hydrogen (secondary N) is 3. The van der Waals surface area contributed by atoms with Crippen molar-refractivity contribution in [3.63, 3.8) is 0 Å². The lowest BCUT2D eigenvalue weighted by Gasteiger charge is -2.27. The summed E-state index contributed by atoms with van der Waals surface area (Å²) >= 11 is 0. The zero-order valence-corrected chi connectivity index (χ0v) is 37.6. The predicted molar refractivity (Wildman–Crippen MR) is 247 cm³/mol. The molecule has 0 radical (unpaired) electrons. The van der Waals surface area contributed by atoms with E-state index in [1.807, 2.05) is 47.4 Å². The van der Waals surface area contributed by atoms with Crippen LogP contribution in [0.4, 0.5) is 28.4 Å². The maximum atomic E-state index is 14.2. The van der Waals surface area contributed by atoms with Gasteiger partial charge in [0.25, 0.3) is 21.9 Å². The van der Waals surface area contributed by atoms with Gasteiger partial charge < -0.3 is 44.7 Å². The van der Waals surface area contributed by atoms with Gasteiger partial charge in [-0.2, -0.15) is 8.42 Å². The number of fused-ring (bicyclic) bond motifs is 8. The molecule has 0 spiro atoms. The second-order valence-electron chi connectivity index (χ2n) is 18.0. The molecular weight excluding hydrogens is 851 g/mol. The number of anilines is 5. The minimum absolute atomic E-state index is 0.0410. The van der Waals surface area contributed by atoms with E-state index in [1.165, 1.54) is 31.3 Å². The fourth-order valence-electron chi connectivity index (χ4n) is 9.14. The van der Waals surface area contributed by atoms with Gasteiger partial charge in [0.2, 0.25) is 5.91 Å². The van der Waals surface area contributed by atoms with Crippen molar-refractivity contribution in [1.29, 1.82) is 0 Å². The number of hydrogen-bond donors (Lipinski definition) is 4. The van der Waals surface area contributed by atoms with Crippen LogP contribution in [0.3, 0.4) is 0 Å². The Labute approximate surface area is 377 Å². The number of ether oxygens (including phenoxy) is 4. The summed E-state index contributed by atoms with van der Waals surface area (Å²) < 4.78 is 60.4. The van der Waals surface area contributed by atoms with Gasteiger partial charge in [0, 0.05) is 42.2 Å². The average molecular weight is 902 g/mol. The van der Waals surface area contributed by atoms with Gasteiger partial charge in [0.05, 0.1) is 48.8 Å². The monoisotopic (exact) mass is 901 g/mol. The Hall–Kier alpha value is -6.78. The summed E-state index contributed by atoms with van der Waals surface area (Å²) in [7, 11) is -1.75. The van der Waals surface area contributed by atoms with Gasteiger partial charge in [0.15, 0.2) is 28.4 Å². The Bertz CT molecular complexity index is 2840. The molecule has 0 aliphatic carbocycles. The maximum absolute atomic E-state index is 14.2. The van der Waals surface area contributed by atoms with Crippen molar-refractivity contribution in [1.82, 2.24) is 0 Å². The van der Waals surface area contributed by atoms with Crippen molar-refractivity contribution < 1.29 is 46.3 Å². The van der Waals surface area contributed by atoms with E-state index in [1.54, 1.807) is 30.3 Å². The second kappa shape index (κ2) is 17.0. The summed E-state index contributed by atoms with van der Waals surface area (Å²) in [5, 5.41) is 7.89. The smallest absolute Gasteiger partial charge is 0.288 e. The van der Waals surface area contributed by atoms with Crippen molar-refractivity contribution in [2.24, 2.45) is 5.41 Å². The van der Waals surface area contributed by atoms with Crippen LogP contribution in [-0.2, 0) is 41.0 Å². The molecule has 0 bridgehead atoms. The molecule has 4 N–H and O–H groups in total. The highest BCUT2D eigenvalue weighted by Crippen LogP contribution is 2.44. The van der Waals surface area contributed by atoms with Crippen LogP contribution in [0.5, 0.6) is 23.0 Å². The molecule has 0 saturated heterocycles. The Morgan fingerprint density at radius 3 is 1.91 bits per heavy atom. The zero-order chi connectivity index (χ0) is 45.8. The Balaban J connectivity index is 0.993. The summed E-state index contributed by atoms with van der Waals surface area (Å²) in [4.78, 5) is 44.7. The molecule has 4 aliphatic heterocycles. The number of rotatable bonds is 12. The van der Waals surface area contributed by atoms with Crippen LogP contribution in [-0.4, -0.2) is 68.9 Å². The molecule has 338 valence electrons. The average Bonchev–Trinajstić information content (AvgIpc) is 3.77. The molecule has 5 aromatic carbocycles. The number of carbonyl (C=O) groups is 3. The SMILES string of the molecule is COc1cc2c(cc1OCc1cc(COc3cc4c(cc3OC)C(=O)N3c5ccccc5C[C@H]3C(S(=O)(=O)O)N4)cc(NC(=O)CCC(C)(C)C)c1)NC[C@@H]1Cc3ccccc3N1C2=O. The molecular formula is C49H51N5O10S. The van der Waals surface area contributed by atoms with Crippen molar-refractivity contribution in [2.45, 2.75) is 77.1 Å². The van der Waals surface area contributed by atoms with E-state index in [0.29, 0.717) is 64.6 Å². The third-order valence-corrected chi connectivity index (χ3v) is 13.4. The van der Waals surface area contributed by atoms with Crippen LogP contribution in [0.15, 0.2) is 91.0 Å². The lowest BCUT2D eigenvalue weighted by atomic mass is 9.90. The van der Waals surface area contributed by atoms with E-state index in [0.717, 1.165) is 23.2 Å². The lowest BCUT2D eigenvalue weighted by molar-refractivity contribution is -0.116. The van der Waals surface area contributed by atoms with Crippen molar-refractivity contribution >= 4 is 56.3 Å². The molecule has 9 rings (SSSR count). The Morgan fingerprint density at radius 2 is 1.31 bits per heavy atom. The van der Waals surface area contributed by atoms with Gasteiger partial charge in [-0.25, -0.2) is 0 Å². The highest BCUT2D eigenvalue weighted by Gasteiger charge is 2.47. The zero-order valence-electron chi connectivity index (χ0n) is 36.8. The normalized spacial score (nSPS) is 18.3. The highest BCUT2D eigenvalue weighted by atomic mass is 32.2. The summed E-state index contributed by atoms with van der Waals surface area (Å²) in [6.45, 7) is 6.79. The van der Waals surface area contributed by atoms with Crippen LogP contribution >= 0.6 is 0 Å². The summed E-state index contributed by atoms with van der Waals surface area (Å²) in [5.41, 5.74) is 6.58. The molecule has 3 amide bonds. The fraction of sp³-hybridized carbons (Fsp3) is 0.327. The van der Waals surface area contributed by atoms with Crippen molar-refractivity contribution in [3.05, 3.63) is 124 Å². The van der Waals surface area contributed by atoms with Crippen LogP contribution < -0.4 is 44.7 Å². The summed E-state index contributed by atoms with van der Waals surface area (Å²) in [5.74, 6) is 0.464. The van der Waals surface area contributed by atoms with Gasteiger partial charge in [-0.05, 0) is 89.4 Å². The van der Waals surface area contributed by atoms with E-state index < -0.39 is 27.4 Å². The molecule has 65 heavy (non-hydrogen) atoms. The van der Waals surface area contributed by atoms with E-state index in [2.05, 4.69) is 42.8 Å². The van der Waals surface area contributed by atoms with E-state index in [-0.39, 0.29) is 65.7 Å². The molecule has 0 aromatic heterocycles. The number of carbonyl (C=O) groups excluding carboxylic acids is 3. The fourth-order valence-corrected chi connectivity index (χ4v) is 10.0. The van der Waals surface area contributed by atoms with Crippen LogP contribution in [0.2, 0.25) is 0 Å². The quantitative estimate of drug-likeness (QED) is 0.0892. The van der Waals surface area contributed by atoms with Crippen LogP contribution in [0.25, 0.3) is 0 Å². The minimum atomic E-state index is -4.71. The van der Waals surface area contributed by atoms with Gasteiger partial charge >= 0.3 is 0 Å². The standard InChI is InChI=1S/C49H51N5O10S/c1-49(2,3)15-14-45(55)51-32-17-28(26-63-43-23-36-34(21-41(43)61-4)47(56)53-33(25-50-36)19-30-10-6-8-12-38(30)53)16-29(18-32)27-64-44-24-37-35(22-42(44)62-5)48(57)54-39-13-9-7-11-31(39)20-40(54)46(52-37)65(58,59)60/h6-13,16-18,21-24,33,40,46,50,52H,14-15,19-20,25-27H2,1-5H3,(H,51,55)(H,58,59,60)/t33-,40-,46?/m0/s1. The number of amides is 3. The third-order valence-electron chi connectivity index (χ3n) is 12.3. The van der Waals surface area contributed by atoms with Gasteiger partial charge in [-0.15, -0.1) is 0 Å². The van der Waals surface area contributed by atoms with E-state index >= 15 is 0 Å². The molecule has 5 aromatic rings. The number of para-hydroxylation sites is 2. The molecule has 16 heteroatoms. The highest BCUT2D eigenvalue weighted by molar-refractivity contribution is 7.86. The first-order chi connectivity index (χ1) is 31.1. The summed E-state index contributed by atoms with van der Waals surface area (Å²) in [6.07, 6.45) is 1.95. The van der Waals surface area contributed by atoms with Crippen molar-refractivity contribution in [3.8, 4) is 23.0 Å². The van der Waals surface area contributed by atoms with Crippen LogP contribution in [0.1, 0.15) is 76.6 Å². The third kappa shape index (κ3) is 8.63. The first-order valence-corrected chi connectivity index (χ1v) is 23.0. The van der Waals surface area contributed by atoms with E-state index in [4.69, 9.17) is 18.9 Å². The first-order valence-electron chi connectivity index (χ1n) is 21.5. The molecule has 0 saturated carbocycles. The number of hydrogen-bond acceptors (Lipinski definition) is 11.